The zero-order chi connectivity index (χ0) is 17.5. The second-order valence-corrected chi connectivity index (χ2v) is 7.13. The van der Waals surface area contributed by atoms with Crippen molar-refractivity contribution in [3.05, 3.63) is 24.3 Å². The van der Waals surface area contributed by atoms with Crippen LogP contribution in [0.25, 0.3) is 0 Å². The van der Waals surface area contributed by atoms with Crippen molar-refractivity contribution < 1.29 is 22.7 Å². The second-order valence-electron chi connectivity index (χ2n) is 5.09. The first-order valence-electron chi connectivity index (χ1n) is 7.28. The first-order valence-corrected chi connectivity index (χ1v) is 8.72. The Morgan fingerprint density at radius 2 is 1.91 bits per heavy atom. The largest absolute Gasteiger partial charge is 0.494 e. The SMILES string of the molecule is CCOc1ccc(S(=O)(=O)N(C)CC(=O)N[C@H](C)COC)cc1. The number of carbonyl (C=O) groups excluding carboxylic acids is 1. The van der Waals surface area contributed by atoms with Gasteiger partial charge in [0.2, 0.25) is 15.9 Å². The molecule has 23 heavy (non-hydrogen) atoms. The number of sulfonamides is 1. The summed E-state index contributed by atoms with van der Waals surface area (Å²) < 4.78 is 36.1. The molecule has 1 amide bonds. The summed E-state index contributed by atoms with van der Waals surface area (Å²) in [6.07, 6.45) is 0. The molecule has 0 unspecified atom stereocenters. The minimum Gasteiger partial charge on any atom is -0.494 e. The van der Waals surface area contributed by atoms with Gasteiger partial charge in [-0.1, -0.05) is 0 Å². The molecule has 0 saturated heterocycles. The summed E-state index contributed by atoms with van der Waals surface area (Å²) in [4.78, 5) is 12.0. The van der Waals surface area contributed by atoms with Crippen molar-refractivity contribution in [1.82, 2.24) is 9.62 Å². The highest BCUT2D eigenvalue weighted by atomic mass is 32.2. The second kappa shape index (κ2) is 8.85. The van der Waals surface area contributed by atoms with Crippen molar-refractivity contribution in [2.75, 3.05) is 33.9 Å². The fourth-order valence-corrected chi connectivity index (χ4v) is 3.08. The van der Waals surface area contributed by atoms with Gasteiger partial charge in [-0.15, -0.1) is 0 Å². The number of ether oxygens (including phenoxy) is 2. The van der Waals surface area contributed by atoms with Gasteiger partial charge in [0.05, 0.1) is 24.7 Å². The lowest BCUT2D eigenvalue weighted by Gasteiger charge is -2.19. The van der Waals surface area contributed by atoms with E-state index in [2.05, 4.69) is 5.32 Å². The molecule has 0 heterocycles. The lowest BCUT2D eigenvalue weighted by atomic mass is 10.3. The van der Waals surface area contributed by atoms with E-state index in [9.17, 15) is 13.2 Å². The van der Waals surface area contributed by atoms with Crippen LogP contribution in [0.2, 0.25) is 0 Å². The average molecular weight is 344 g/mol. The van der Waals surface area contributed by atoms with Gasteiger partial charge in [-0.05, 0) is 38.1 Å². The summed E-state index contributed by atoms with van der Waals surface area (Å²) in [6.45, 7) is 4.24. The highest BCUT2D eigenvalue weighted by molar-refractivity contribution is 7.89. The van der Waals surface area contributed by atoms with Crippen molar-refractivity contribution in [2.45, 2.75) is 24.8 Å². The molecule has 1 rings (SSSR count). The van der Waals surface area contributed by atoms with Crippen molar-refractivity contribution in [1.29, 1.82) is 0 Å². The topological polar surface area (TPSA) is 84.9 Å². The van der Waals surface area contributed by atoms with E-state index in [-0.39, 0.29) is 23.4 Å². The predicted octanol–water partition coefficient (Wildman–Crippen LogP) is 0.857. The van der Waals surface area contributed by atoms with Crippen LogP contribution < -0.4 is 10.1 Å². The number of methoxy groups -OCH3 is 1. The molecule has 130 valence electrons. The maximum Gasteiger partial charge on any atom is 0.243 e. The Balaban J connectivity index is 2.73. The maximum atomic E-state index is 12.4. The Hall–Kier alpha value is -1.64. The van der Waals surface area contributed by atoms with Gasteiger partial charge < -0.3 is 14.8 Å². The minimum absolute atomic E-state index is 0.112. The Kier molecular flexibility index (Phi) is 7.47. The Morgan fingerprint density at radius 1 is 1.30 bits per heavy atom. The van der Waals surface area contributed by atoms with Crippen LogP contribution in [-0.2, 0) is 19.6 Å². The van der Waals surface area contributed by atoms with Gasteiger partial charge in [-0.25, -0.2) is 8.42 Å². The van der Waals surface area contributed by atoms with E-state index in [4.69, 9.17) is 9.47 Å². The van der Waals surface area contributed by atoms with Gasteiger partial charge in [0.25, 0.3) is 0 Å². The van der Waals surface area contributed by atoms with E-state index in [1.807, 2.05) is 6.92 Å². The Morgan fingerprint density at radius 3 is 2.43 bits per heavy atom. The summed E-state index contributed by atoms with van der Waals surface area (Å²) in [7, 11) is -0.828. The van der Waals surface area contributed by atoms with Crippen molar-refractivity contribution in [2.24, 2.45) is 0 Å². The minimum atomic E-state index is -3.73. The number of likely N-dealkylation sites (N-methyl/N-ethyl adjacent to an activating group) is 1. The van der Waals surface area contributed by atoms with Crippen LogP contribution in [0.15, 0.2) is 29.2 Å². The molecule has 1 N–H and O–H groups in total. The quantitative estimate of drug-likeness (QED) is 0.718. The molecule has 0 aromatic heterocycles. The summed E-state index contributed by atoms with van der Waals surface area (Å²) in [5.41, 5.74) is 0. The van der Waals surface area contributed by atoms with Crippen LogP contribution in [0.5, 0.6) is 5.75 Å². The molecule has 0 fully saturated rings. The third-order valence-corrected chi connectivity index (χ3v) is 4.85. The van der Waals surface area contributed by atoms with Crippen LogP contribution in [0.4, 0.5) is 0 Å². The zero-order valence-corrected chi connectivity index (χ0v) is 14.7. The monoisotopic (exact) mass is 344 g/mol. The lowest BCUT2D eigenvalue weighted by molar-refractivity contribution is -0.122. The highest BCUT2D eigenvalue weighted by Crippen LogP contribution is 2.18. The number of hydrogen-bond donors (Lipinski definition) is 1. The average Bonchev–Trinajstić information content (AvgIpc) is 2.48. The van der Waals surface area contributed by atoms with Gasteiger partial charge >= 0.3 is 0 Å². The number of carbonyl (C=O) groups is 1. The third kappa shape index (κ3) is 5.81. The van der Waals surface area contributed by atoms with Crippen LogP contribution in [0, 0.1) is 0 Å². The zero-order valence-electron chi connectivity index (χ0n) is 13.9. The number of nitrogens with one attached hydrogen (secondary N) is 1. The van der Waals surface area contributed by atoms with E-state index in [0.29, 0.717) is 19.0 Å². The van der Waals surface area contributed by atoms with Gasteiger partial charge in [-0.3, -0.25) is 4.79 Å². The molecule has 7 nitrogen and oxygen atoms in total. The summed E-state index contributed by atoms with van der Waals surface area (Å²) in [5, 5.41) is 2.67. The fraction of sp³-hybridized carbons (Fsp3) is 0.533. The summed E-state index contributed by atoms with van der Waals surface area (Å²) in [6, 6.07) is 5.91. The molecule has 0 bridgehead atoms. The molecule has 0 aliphatic heterocycles. The van der Waals surface area contributed by atoms with E-state index in [0.717, 1.165) is 4.31 Å². The first kappa shape index (κ1) is 19.4. The van der Waals surface area contributed by atoms with Gasteiger partial charge in [-0.2, -0.15) is 4.31 Å². The van der Waals surface area contributed by atoms with Gasteiger partial charge in [0, 0.05) is 20.2 Å². The van der Waals surface area contributed by atoms with Crippen LogP contribution in [0.3, 0.4) is 0 Å². The molecular weight excluding hydrogens is 320 g/mol. The molecule has 1 aromatic rings. The summed E-state index contributed by atoms with van der Waals surface area (Å²) >= 11 is 0. The van der Waals surface area contributed by atoms with E-state index in [1.54, 1.807) is 19.1 Å². The third-order valence-electron chi connectivity index (χ3n) is 3.03. The number of hydrogen-bond acceptors (Lipinski definition) is 5. The highest BCUT2D eigenvalue weighted by Gasteiger charge is 2.23. The van der Waals surface area contributed by atoms with Crippen LogP contribution in [-0.4, -0.2) is 58.6 Å². The molecule has 1 aromatic carbocycles. The van der Waals surface area contributed by atoms with Crippen LogP contribution >= 0.6 is 0 Å². The number of amides is 1. The normalized spacial score (nSPS) is 12.9. The van der Waals surface area contributed by atoms with E-state index < -0.39 is 10.0 Å². The number of benzene rings is 1. The van der Waals surface area contributed by atoms with Crippen molar-refractivity contribution in [3.8, 4) is 5.75 Å². The fourth-order valence-electron chi connectivity index (χ4n) is 1.95. The molecule has 0 radical (unpaired) electrons. The van der Waals surface area contributed by atoms with E-state index in [1.165, 1.54) is 26.3 Å². The molecular formula is C15H24N2O5S. The summed E-state index contributed by atoms with van der Waals surface area (Å²) in [5.74, 6) is 0.215. The Labute approximate surface area is 137 Å². The van der Waals surface area contributed by atoms with Crippen molar-refractivity contribution in [3.63, 3.8) is 0 Å². The van der Waals surface area contributed by atoms with Crippen LogP contribution in [0.1, 0.15) is 13.8 Å². The van der Waals surface area contributed by atoms with E-state index >= 15 is 0 Å². The van der Waals surface area contributed by atoms with Gasteiger partial charge in [0.1, 0.15) is 5.75 Å². The first-order chi connectivity index (χ1) is 10.8. The molecule has 0 saturated carbocycles. The molecule has 0 spiro atoms. The molecule has 8 heteroatoms. The van der Waals surface area contributed by atoms with Gasteiger partial charge in [0.15, 0.2) is 0 Å². The number of rotatable bonds is 9. The maximum absolute atomic E-state index is 12.4. The number of nitrogens with zero attached hydrogens (tertiary/aromatic N) is 1. The van der Waals surface area contributed by atoms with Crippen molar-refractivity contribution >= 4 is 15.9 Å². The smallest absolute Gasteiger partial charge is 0.243 e. The molecule has 0 aliphatic rings. The Bertz CT molecular complexity index is 601. The standard InChI is InChI=1S/C15H24N2O5S/c1-5-22-13-6-8-14(9-7-13)23(19,20)17(3)10-15(18)16-12(2)11-21-4/h6-9,12H,5,10-11H2,1-4H3,(H,16,18)/t12-/m1/s1. The molecule has 0 aliphatic carbocycles. The molecule has 1 atom stereocenters. The predicted molar refractivity (Wildman–Crippen MR) is 86.9 cm³/mol. The lowest BCUT2D eigenvalue weighted by Crippen LogP contribution is -2.43.